The standard InChI is InChI=1S/C21H23ClN2O5S/c1-12(25)28-10-14-11-30-19-15(23-17(22)13-8-6-5-7-9-13)18(26)24(19)16(14)20(27)29-21(2,3)4/h5-9,15,19H,10-11H2,1-4H3/t15-,19-/m1/s1. The molecule has 1 aromatic carbocycles. The topological polar surface area (TPSA) is 85.3 Å². The molecule has 0 unspecified atom stereocenters. The number of benzene rings is 1. The van der Waals surface area contributed by atoms with Gasteiger partial charge in [-0.15, -0.1) is 11.8 Å². The number of hydrogen-bond acceptors (Lipinski definition) is 7. The fourth-order valence-electron chi connectivity index (χ4n) is 3.04. The number of ether oxygens (including phenoxy) is 2. The first-order valence-corrected chi connectivity index (χ1v) is 10.8. The Morgan fingerprint density at radius 3 is 2.53 bits per heavy atom. The molecule has 1 fully saturated rings. The third kappa shape index (κ3) is 4.87. The third-order valence-corrected chi connectivity index (χ3v) is 5.97. The average molecular weight is 451 g/mol. The molecule has 0 saturated carbocycles. The van der Waals surface area contributed by atoms with Crippen molar-refractivity contribution < 1.29 is 23.9 Å². The summed E-state index contributed by atoms with van der Waals surface area (Å²) in [6, 6.07) is 8.46. The van der Waals surface area contributed by atoms with Gasteiger partial charge in [0.2, 0.25) is 0 Å². The molecular weight excluding hydrogens is 428 g/mol. The number of carbonyl (C=O) groups is 3. The van der Waals surface area contributed by atoms with Crippen molar-refractivity contribution in [1.29, 1.82) is 0 Å². The fourth-order valence-corrected chi connectivity index (χ4v) is 4.58. The Kier molecular flexibility index (Phi) is 6.57. The van der Waals surface area contributed by atoms with Crippen LogP contribution in [0.5, 0.6) is 0 Å². The molecule has 1 saturated heterocycles. The van der Waals surface area contributed by atoms with Crippen LogP contribution in [0.3, 0.4) is 0 Å². The van der Waals surface area contributed by atoms with E-state index in [1.54, 1.807) is 20.8 Å². The summed E-state index contributed by atoms with van der Waals surface area (Å²) >= 11 is 7.76. The van der Waals surface area contributed by atoms with Gasteiger partial charge in [0.05, 0.1) is 0 Å². The van der Waals surface area contributed by atoms with E-state index in [0.717, 1.165) is 0 Å². The second kappa shape index (κ2) is 8.81. The first-order chi connectivity index (χ1) is 14.1. The molecule has 2 atom stereocenters. The first kappa shape index (κ1) is 22.4. The zero-order chi connectivity index (χ0) is 22.1. The van der Waals surface area contributed by atoms with E-state index in [0.29, 0.717) is 16.9 Å². The molecule has 0 N–H and O–H groups in total. The highest BCUT2D eigenvalue weighted by atomic mass is 35.5. The first-order valence-electron chi connectivity index (χ1n) is 9.40. The van der Waals surface area contributed by atoms with Gasteiger partial charge in [-0.2, -0.15) is 0 Å². The average Bonchev–Trinajstić information content (AvgIpc) is 2.68. The molecule has 0 spiro atoms. The van der Waals surface area contributed by atoms with Gasteiger partial charge in [-0.3, -0.25) is 19.5 Å². The Bertz CT molecular complexity index is 923. The summed E-state index contributed by atoms with van der Waals surface area (Å²) in [4.78, 5) is 42.8. The van der Waals surface area contributed by atoms with Crippen molar-refractivity contribution in [3.63, 3.8) is 0 Å². The number of hydrogen-bond donors (Lipinski definition) is 0. The molecular formula is C21H23ClN2O5S. The maximum Gasteiger partial charge on any atom is 0.355 e. The van der Waals surface area contributed by atoms with Crippen LogP contribution in [0, 0.1) is 0 Å². The van der Waals surface area contributed by atoms with Crippen LogP contribution < -0.4 is 0 Å². The Morgan fingerprint density at radius 2 is 1.93 bits per heavy atom. The second-order valence-corrected chi connectivity index (χ2v) is 9.34. The number of β-lactam (4-membered cyclic amide) rings is 1. The molecule has 2 aliphatic heterocycles. The Labute approximate surface area is 184 Å². The largest absolute Gasteiger partial charge is 0.461 e. The molecule has 7 nitrogen and oxygen atoms in total. The minimum atomic E-state index is -0.737. The van der Waals surface area contributed by atoms with E-state index in [1.165, 1.54) is 23.6 Å². The lowest BCUT2D eigenvalue weighted by Gasteiger charge is -2.48. The van der Waals surface area contributed by atoms with Crippen molar-refractivity contribution in [2.45, 2.75) is 44.7 Å². The molecule has 2 heterocycles. The molecule has 9 heteroatoms. The second-order valence-electron chi connectivity index (χ2n) is 7.87. The van der Waals surface area contributed by atoms with E-state index in [1.807, 2.05) is 30.3 Å². The van der Waals surface area contributed by atoms with Gasteiger partial charge in [0.1, 0.15) is 28.4 Å². The van der Waals surface area contributed by atoms with E-state index in [2.05, 4.69) is 4.99 Å². The Balaban J connectivity index is 1.88. The van der Waals surface area contributed by atoms with Gasteiger partial charge in [-0.25, -0.2) is 4.79 Å². The summed E-state index contributed by atoms with van der Waals surface area (Å²) in [7, 11) is 0. The van der Waals surface area contributed by atoms with E-state index < -0.39 is 23.6 Å². The molecule has 1 amide bonds. The van der Waals surface area contributed by atoms with Gasteiger partial charge in [0.25, 0.3) is 5.91 Å². The predicted molar refractivity (Wildman–Crippen MR) is 115 cm³/mol. The quantitative estimate of drug-likeness (QED) is 0.389. The molecule has 160 valence electrons. The smallest absolute Gasteiger partial charge is 0.355 e. The molecule has 2 aliphatic rings. The van der Waals surface area contributed by atoms with E-state index in [9.17, 15) is 14.4 Å². The minimum absolute atomic E-state index is 0.0773. The number of thioether (sulfide) groups is 1. The SMILES string of the molecule is CC(=O)OCC1=C(C(=O)OC(C)(C)C)N2C(=O)[C@@H](N=C(Cl)c3ccccc3)[C@H]2SC1. The summed E-state index contributed by atoms with van der Waals surface area (Å²) in [5, 5.41) is -0.138. The van der Waals surface area contributed by atoms with Gasteiger partial charge in [-0.1, -0.05) is 41.9 Å². The lowest BCUT2D eigenvalue weighted by atomic mass is 10.0. The van der Waals surface area contributed by atoms with Crippen LogP contribution in [-0.2, 0) is 23.9 Å². The number of amides is 1. The number of aliphatic imine (C=N–C) groups is 1. The number of nitrogens with zero attached hydrogens (tertiary/aromatic N) is 2. The fraction of sp³-hybridized carbons (Fsp3) is 0.429. The van der Waals surface area contributed by atoms with Gasteiger partial charge in [0, 0.05) is 23.8 Å². The van der Waals surface area contributed by atoms with Crippen LogP contribution in [0.15, 0.2) is 46.6 Å². The van der Waals surface area contributed by atoms with Crippen molar-refractivity contribution in [2.75, 3.05) is 12.4 Å². The monoisotopic (exact) mass is 450 g/mol. The highest BCUT2D eigenvalue weighted by Gasteiger charge is 2.54. The molecule has 30 heavy (non-hydrogen) atoms. The summed E-state index contributed by atoms with van der Waals surface area (Å²) < 4.78 is 10.6. The molecule has 1 aromatic rings. The summed E-state index contributed by atoms with van der Waals surface area (Å²) in [6.07, 6.45) is 0. The van der Waals surface area contributed by atoms with Crippen LogP contribution in [-0.4, -0.2) is 57.3 Å². The zero-order valence-corrected chi connectivity index (χ0v) is 18.7. The summed E-state index contributed by atoms with van der Waals surface area (Å²) in [6.45, 7) is 6.45. The normalized spacial score (nSPS) is 21.7. The molecule has 0 aliphatic carbocycles. The molecule has 0 radical (unpaired) electrons. The van der Waals surface area contributed by atoms with Crippen molar-refractivity contribution in [2.24, 2.45) is 4.99 Å². The maximum absolute atomic E-state index is 12.9. The van der Waals surface area contributed by atoms with Crippen LogP contribution in [0.25, 0.3) is 0 Å². The van der Waals surface area contributed by atoms with Gasteiger partial charge >= 0.3 is 11.9 Å². The zero-order valence-electron chi connectivity index (χ0n) is 17.2. The van der Waals surface area contributed by atoms with Crippen LogP contribution in [0.1, 0.15) is 33.3 Å². The molecule has 3 rings (SSSR count). The number of halogens is 1. The highest BCUT2D eigenvalue weighted by molar-refractivity contribution is 8.00. The van der Waals surface area contributed by atoms with Crippen molar-refractivity contribution >= 4 is 46.4 Å². The molecule has 0 aromatic heterocycles. The number of rotatable bonds is 5. The predicted octanol–water partition coefficient (Wildman–Crippen LogP) is 3.11. The van der Waals surface area contributed by atoms with E-state index >= 15 is 0 Å². The van der Waals surface area contributed by atoms with E-state index in [-0.39, 0.29) is 28.8 Å². The highest BCUT2D eigenvalue weighted by Crippen LogP contribution is 2.42. The summed E-state index contributed by atoms with van der Waals surface area (Å²) in [5.41, 5.74) is 0.635. The lowest BCUT2D eigenvalue weighted by molar-refractivity contribution is -0.158. The van der Waals surface area contributed by atoms with Crippen LogP contribution in [0.2, 0.25) is 0 Å². The van der Waals surface area contributed by atoms with Gasteiger partial charge < -0.3 is 9.47 Å². The van der Waals surface area contributed by atoms with Gasteiger partial charge in [-0.05, 0) is 20.8 Å². The van der Waals surface area contributed by atoms with Gasteiger partial charge in [0.15, 0.2) is 6.04 Å². The van der Waals surface area contributed by atoms with Crippen molar-refractivity contribution in [1.82, 2.24) is 4.90 Å². The number of fused-ring (bicyclic) bond motifs is 1. The number of carbonyl (C=O) groups excluding carboxylic acids is 3. The lowest BCUT2D eigenvalue weighted by Crippen LogP contribution is -2.64. The maximum atomic E-state index is 12.9. The number of esters is 2. The third-order valence-electron chi connectivity index (χ3n) is 4.33. The Hall–Kier alpha value is -2.32. The van der Waals surface area contributed by atoms with Crippen molar-refractivity contribution in [3.8, 4) is 0 Å². The Morgan fingerprint density at radius 1 is 1.27 bits per heavy atom. The summed E-state index contributed by atoms with van der Waals surface area (Å²) in [5.74, 6) is -1.03. The van der Waals surface area contributed by atoms with Crippen molar-refractivity contribution in [3.05, 3.63) is 47.2 Å². The minimum Gasteiger partial charge on any atom is -0.461 e. The van der Waals surface area contributed by atoms with Crippen LogP contribution in [0.4, 0.5) is 0 Å². The van der Waals surface area contributed by atoms with E-state index in [4.69, 9.17) is 21.1 Å². The molecule has 0 bridgehead atoms. The van der Waals surface area contributed by atoms with Crippen LogP contribution >= 0.6 is 23.4 Å².